The van der Waals surface area contributed by atoms with Crippen molar-refractivity contribution < 1.29 is 9.59 Å². The van der Waals surface area contributed by atoms with Crippen molar-refractivity contribution in [1.82, 2.24) is 35.0 Å². The Kier molecular flexibility index (Phi) is 5.65. The molecule has 1 N–H and O–H groups in total. The molecule has 0 spiro atoms. The minimum absolute atomic E-state index is 0.0187. The van der Waals surface area contributed by atoms with Crippen molar-refractivity contribution >= 4 is 23.4 Å². The van der Waals surface area contributed by atoms with E-state index in [2.05, 4.69) is 20.7 Å². The van der Waals surface area contributed by atoms with E-state index in [1.54, 1.807) is 23.1 Å². The molecule has 1 fully saturated rings. The summed E-state index contributed by atoms with van der Waals surface area (Å²) in [5.74, 6) is 0.233. The number of aromatic nitrogens is 5. The smallest absolute Gasteiger partial charge is 0.271 e. The van der Waals surface area contributed by atoms with Crippen molar-refractivity contribution in [2.45, 2.75) is 38.4 Å². The molecule has 3 heterocycles. The molecule has 2 aliphatic rings. The highest BCUT2D eigenvalue weighted by Gasteiger charge is 2.46. The third kappa shape index (κ3) is 4.38. The fourth-order valence-electron chi connectivity index (χ4n) is 4.27. The first-order chi connectivity index (χ1) is 15.6. The van der Waals surface area contributed by atoms with E-state index in [-0.39, 0.29) is 23.7 Å². The largest absolute Gasteiger partial charge is 0.349 e. The van der Waals surface area contributed by atoms with Crippen molar-refractivity contribution in [1.29, 1.82) is 0 Å². The van der Waals surface area contributed by atoms with Crippen molar-refractivity contribution in [3.05, 3.63) is 64.7 Å². The molecule has 1 aliphatic heterocycles. The van der Waals surface area contributed by atoms with E-state index in [1.165, 1.54) is 0 Å². The monoisotopic (exact) mass is 453 g/mol. The number of nitrogens with zero attached hydrogens (tertiary/aromatic N) is 6. The van der Waals surface area contributed by atoms with Crippen LogP contribution in [-0.4, -0.2) is 54.6 Å². The SMILES string of the molecule is O=C(NCCn1ccnn1)c1cc2n(n1)CCCN(C(=O)C1CC1c1ccc(Cl)cc1)C2. The van der Waals surface area contributed by atoms with Gasteiger partial charge in [-0.05, 0) is 42.5 Å². The Hall–Kier alpha value is -3.20. The molecule has 166 valence electrons. The summed E-state index contributed by atoms with van der Waals surface area (Å²) in [4.78, 5) is 27.6. The first-order valence-corrected chi connectivity index (χ1v) is 11.2. The van der Waals surface area contributed by atoms with Crippen LogP contribution in [0.3, 0.4) is 0 Å². The molecular formula is C22H24ClN7O2. The number of benzene rings is 1. The average molecular weight is 454 g/mol. The number of aryl methyl sites for hydroxylation is 1. The molecular weight excluding hydrogens is 430 g/mol. The minimum atomic E-state index is -0.228. The summed E-state index contributed by atoms with van der Waals surface area (Å²) in [6.07, 6.45) is 5.02. The van der Waals surface area contributed by atoms with Crippen LogP contribution in [0.1, 0.15) is 40.5 Å². The lowest BCUT2D eigenvalue weighted by atomic mass is 10.1. The van der Waals surface area contributed by atoms with Gasteiger partial charge in [-0.2, -0.15) is 5.10 Å². The van der Waals surface area contributed by atoms with Crippen LogP contribution in [0.5, 0.6) is 0 Å². The van der Waals surface area contributed by atoms with E-state index >= 15 is 0 Å². The Morgan fingerprint density at radius 1 is 1.19 bits per heavy atom. The highest BCUT2D eigenvalue weighted by molar-refractivity contribution is 6.30. The van der Waals surface area contributed by atoms with Crippen LogP contribution in [0, 0.1) is 5.92 Å². The second-order valence-electron chi connectivity index (χ2n) is 8.28. The number of carbonyl (C=O) groups excluding carboxylic acids is 2. The van der Waals surface area contributed by atoms with Gasteiger partial charge in [-0.3, -0.25) is 19.0 Å². The van der Waals surface area contributed by atoms with Gasteiger partial charge in [-0.15, -0.1) is 5.10 Å². The highest BCUT2D eigenvalue weighted by atomic mass is 35.5. The highest BCUT2D eigenvalue weighted by Crippen LogP contribution is 2.48. The summed E-state index contributed by atoms with van der Waals surface area (Å²) in [6, 6.07) is 9.55. The summed E-state index contributed by atoms with van der Waals surface area (Å²) in [7, 11) is 0. The Bertz CT molecular complexity index is 1110. The molecule has 0 radical (unpaired) electrons. The molecule has 1 saturated carbocycles. The molecule has 5 rings (SSSR count). The lowest BCUT2D eigenvalue weighted by Gasteiger charge is -2.20. The molecule has 3 aromatic rings. The number of carbonyl (C=O) groups is 2. The fraction of sp³-hybridized carbons (Fsp3) is 0.409. The summed E-state index contributed by atoms with van der Waals surface area (Å²) in [5, 5.41) is 15.6. The van der Waals surface area contributed by atoms with Gasteiger partial charge in [-0.25, -0.2) is 0 Å². The van der Waals surface area contributed by atoms with Crippen LogP contribution < -0.4 is 5.32 Å². The number of hydrogen-bond donors (Lipinski definition) is 1. The molecule has 0 bridgehead atoms. The van der Waals surface area contributed by atoms with Gasteiger partial charge in [0, 0.05) is 36.8 Å². The lowest BCUT2D eigenvalue weighted by molar-refractivity contribution is -0.133. The number of rotatable bonds is 6. The number of hydrogen-bond acceptors (Lipinski definition) is 5. The number of fused-ring (bicyclic) bond motifs is 1. The Labute approximate surface area is 190 Å². The van der Waals surface area contributed by atoms with E-state index in [0.29, 0.717) is 43.4 Å². The molecule has 32 heavy (non-hydrogen) atoms. The molecule has 2 aromatic heterocycles. The zero-order valence-electron chi connectivity index (χ0n) is 17.5. The molecule has 10 heteroatoms. The zero-order chi connectivity index (χ0) is 22.1. The third-order valence-corrected chi connectivity index (χ3v) is 6.31. The van der Waals surface area contributed by atoms with E-state index in [0.717, 1.165) is 24.1 Å². The summed E-state index contributed by atoms with van der Waals surface area (Å²) in [6.45, 7) is 2.84. The van der Waals surface area contributed by atoms with Crippen molar-refractivity contribution in [3.63, 3.8) is 0 Å². The Morgan fingerprint density at radius 3 is 2.81 bits per heavy atom. The normalized spacial score (nSPS) is 19.8. The molecule has 2 unspecified atom stereocenters. The standard InChI is InChI=1S/C22H24ClN7O2/c23-16-4-2-15(3-5-16)18-13-19(18)22(32)28-8-1-9-30-17(14-28)12-20(26-30)21(31)24-6-10-29-11-7-25-27-29/h2-5,7,11-12,18-19H,1,6,8-10,13-14H2,(H,24,31). The fourth-order valence-corrected chi connectivity index (χ4v) is 4.39. The van der Waals surface area contributed by atoms with Crippen molar-refractivity contribution in [2.24, 2.45) is 5.92 Å². The first kappa shape index (κ1) is 20.7. The van der Waals surface area contributed by atoms with Crippen molar-refractivity contribution in [3.8, 4) is 0 Å². The third-order valence-electron chi connectivity index (χ3n) is 6.06. The molecule has 0 saturated heterocycles. The van der Waals surface area contributed by atoms with Gasteiger partial charge in [0.15, 0.2) is 5.69 Å². The quantitative estimate of drug-likeness (QED) is 0.616. The van der Waals surface area contributed by atoms with Crippen LogP contribution in [0.15, 0.2) is 42.7 Å². The van der Waals surface area contributed by atoms with Gasteiger partial charge >= 0.3 is 0 Å². The lowest BCUT2D eigenvalue weighted by Crippen LogP contribution is -2.32. The van der Waals surface area contributed by atoms with Crippen LogP contribution in [0.2, 0.25) is 5.02 Å². The summed E-state index contributed by atoms with van der Waals surface area (Å²) < 4.78 is 3.50. The van der Waals surface area contributed by atoms with Crippen LogP contribution >= 0.6 is 11.6 Å². The predicted octanol–water partition coefficient (Wildman–Crippen LogP) is 2.09. The molecule has 2 atom stereocenters. The average Bonchev–Trinajstić information content (AvgIpc) is 3.31. The molecule has 9 nitrogen and oxygen atoms in total. The summed E-state index contributed by atoms with van der Waals surface area (Å²) in [5.41, 5.74) is 2.43. The minimum Gasteiger partial charge on any atom is -0.349 e. The van der Waals surface area contributed by atoms with Crippen LogP contribution in [0.25, 0.3) is 0 Å². The molecule has 1 aliphatic carbocycles. The number of halogens is 1. The molecule has 2 amide bonds. The second-order valence-corrected chi connectivity index (χ2v) is 8.72. The zero-order valence-corrected chi connectivity index (χ0v) is 18.3. The summed E-state index contributed by atoms with van der Waals surface area (Å²) >= 11 is 5.98. The van der Waals surface area contributed by atoms with Gasteiger partial charge in [0.05, 0.1) is 25.0 Å². The van der Waals surface area contributed by atoms with E-state index < -0.39 is 0 Å². The van der Waals surface area contributed by atoms with E-state index in [9.17, 15) is 9.59 Å². The number of nitrogens with one attached hydrogen (secondary N) is 1. The topological polar surface area (TPSA) is 97.9 Å². The van der Waals surface area contributed by atoms with Crippen LogP contribution in [0.4, 0.5) is 0 Å². The van der Waals surface area contributed by atoms with Gasteiger partial charge in [0.1, 0.15) is 0 Å². The maximum atomic E-state index is 13.1. The Morgan fingerprint density at radius 2 is 2.03 bits per heavy atom. The van der Waals surface area contributed by atoms with Gasteiger partial charge in [-0.1, -0.05) is 28.9 Å². The first-order valence-electron chi connectivity index (χ1n) is 10.8. The van der Waals surface area contributed by atoms with Crippen LogP contribution in [-0.2, 0) is 24.4 Å². The number of amides is 2. The van der Waals surface area contributed by atoms with E-state index in [1.807, 2.05) is 33.8 Å². The van der Waals surface area contributed by atoms with Gasteiger partial charge < -0.3 is 10.2 Å². The maximum Gasteiger partial charge on any atom is 0.271 e. The van der Waals surface area contributed by atoms with E-state index in [4.69, 9.17) is 11.6 Å². The van der Waals surface area contributed by atoms with Gasteiger partial charge in [0.25, 0.3) is 5.91 Å². The van der Waals surface area contributed by atoms with Gasteiger partial charge in [0.2, 0.25) is 5.91 Å². The second kappa shape index (κ2) is 8.74. The molecule has 1 aromatic carbocycles. The van der Waals surface area contributed by atoms with Crippen molar-refractivity contribution in [2.75, 3.05) is 13.1 Å². The maximum absolute atomic E-state index is 13.1. The Balaban J connectivity index is 1.20. The predicted molar refractivity (Wildman–Crippen MR) is 117 cm³/mol.